The molecule has 0 saturated carbocycles. The fourth-order valence-corrected chi connectivity index (χ4v) is 3.61. The van der Waals surface area contributed by atoms with Crippen LogP contribution in [0.5, 0.6) is 0 Å². The summed E-state index contributed by atoms with van der Waals surface area (Å²) < 4.78 is 15.8. The molecule has 0 aliphatic carbocycles. The SMILES string of the molecule is COC(=O)[C@@H]1C[C@@H](CCCc2ccccc2)C(OC(C)=O)N1C(=O)OC(C)(C)C. The molecule has 1 unspecified atom stereocenters. The van der Waals surface area contributed by atoms with Crippen molar-refractivity contribution in [3.05, 3.63) is 35.9 Å². The zero-order valence-electron chi connectivity index (χ0n) is 17.8. The van der Waals surface area contributed by atoms with E-state index >= 15 is 0 Å². The maximum atomic E-state index is 12.8. The number of likely N-dealkylation sites (tertiary alicyclic amines) is 1. The molecule has 0 aromatic heterocycles. The van der Waals surface area contributed by atoms with E-state index < -0.39 is 35.9 Å². The van der Waals surface area contributed by atoms with Crippen molar-refractivity contribution in [1.82, 2.24) is 4.90 Å². The van der Waals surface area contributed by atoms with Gasteiger partial charge in [-0.2, -0.15) is 0 Å². The van der Waals surface area contributed by atoms with Crippen LogP contribution >= 0.6 is 0 Å². The van der Waals surface area contributed by atoms with Crippen molar-refractivity contribution in [2.24, 2.45) is 5.92 Å². The molecule has 1 aromatic carbocycles. The highest BCUT2D eigenvalue weighted by Gasteiger charge is 2.50. The minimum Gasteiger partial charge on any atom is -0.467 e. The van der Waals surface area contributed by atoms with Gasteiger partial charge in [0.15, 0.2) is 6.23 Å². The summed E-state index contributed by atoms with van der Waals surface area (Å²) in [5.41, 5.74) is 0.465. The highest BCUT2D eigenvalue weighted by Crippen LogP contribution is 2.36. The number of methoxy groups -OCH3 is 1. The van der Waals surface area contributed by atoms with E-state index in [0.29, 0.717) is 12.8 Å². The molecule has 1 fully saturated rings. The summed E-state index contributed by atoms with van der Waals surface area (Å²) in [4.78, 5) is 38.1. The minimum absolute atomic E-state index is 0.181. The highest BCUT2D eigenvalue weighted by molar-refractivity contribution is 5.82. The van der Waals surface area contributed by atoms with Crippen molar-refractivity contribution in [2.75, 3.05) is 7.11 Å². The summed E-state index contributed by atoms with van der Waals surface area (Å²) in [6.45, 7) is 6.52. The number of esters is 2. The average molecular weight is 405 g/mol. The van der Waals surface area contributed by atoms with Crippen molar-refractivity contribution >= 4 is 18.0 Å². The van der Waals surface area contributed by atoms with Crippen molar-refractivity contribution in [3.8, 4) is 0 Å². The van der Waals surface area contributed by atoms with Crippen LogP contribution < -0.4 is 0 Å². The van der Waals surface area contributed by atoms with Gasteiger partial charge in [0.05, 0.1) is 7.11 Å². The zero-order valence-corrected chi connectivity index (χ0v) is 17.8. The van der Waals surface area contributed by atoms with E-state index in [-0.39, 0.29) is 5.92 Å². The summed E-state index contributed by atoms with van der Waals surface area (Å²) in [5.74, 6) is -1.24. The second-order valence-corrected chi connectivity index (χ2v) is 8.30. The minimum atomic E-state index is -0.859. The smallest absolute Gasteiger partial charge is 0.413 e. The molecule has 160 valence electrons. The number of hydrogen-bond donors (Lipinski definition) is 0. The van der Waals surface area contributed by atoms with Crippen LogP contribution in [0.25, 0.3) is 0 Å². The quantitative estimate of drug-likeness (QED) is 0.530. The molecule has 7 heteroatoms. The lowest BCUT2D eigenvalue weighted by Gasteiger charge is -2.32. The van der Waals surface area contributed by atoms with E-state index in [2.05, 4.69) is 12.1 Å². The second-order valence-electron chi connectivity index (χ2n) is 8.30. The van der Waals surface area contributed by atoms with Gasteiger partial charge >= 0.3 is 18.0 Å². The van der Waals surface area contributed by atoms with Gasteiger partial charge in [0, 0.05) is 12.8 Å². The molecular formula is C22H31NO6. The van der Waals surface area contributed by atoms with Gasteiger partial charge in [0.2, 0.25) is 0 Å². The first-order valence-corrected chi connectivity index (χ1v) is 9.92. The van der Waals surface area contributed by atoms with Gasteiger partial charge in [0.25, 0.3) is 0 Å². The predicted molar refractivity (Wildman–Crippen MR) is 107 cm³/mol. The normalized spacial score (nSPS) is 21.6. The van der Waals surface area contributed by atoms with Gasteiger partial charge in [-0.05, 0) is 52.0 Å². The molecule has 0 spiro atoms. The molecule has 0 bridgehead atoms. The van der Waals surface area contributed by atoms with Crippen LogP contribution in [-0.4, -0.2) is 47.9 Å². The third kappa shape index (κ3) is 6.48. The topological polar surface area (TPSA) is 82.1 Å². The molecule has 1 saturated heterocycles. The molecule has 7 nitrogen and oxygen atoms in total. The molecule has 0 N–H and O–H groups in total. The molecule has 29 heavy (non-hydrogen) atoms. The summed E-state index contributed by atoms with van der Waals surface area (Å²) in [6, 6.07) is 9.22. The van der Waals surface area contributed by atoms with E-state index in [1.54, 1.807) is 20.8 Å². The van der Waals surface area contributed by atoms with Crippen molar-refractivity contribution in [2.45, 2.75) is 71.2 Å². The van der Waals surface area contributed by atoms with E-state index in [1.165, 1.54) is 24.5 Å². The second kappa shape index (κ2) is 9.76. The van der Waals surface area contributed by atoms with E-state index in [9.17, 15) is 14.4 Å². The number of hydrogen-bond acceptors (Lipinski definition) is 6. The summed E-state index contributed by atoms with van der Waals surface area (Å²) in [7, 11) is 1.28. The summed E-state index contributed by atoms with van der Waals surface area (Å²) in [5, 5.41) is 0. The molecule has 3 atom stereocenters. The Bertz CT molecular complexity index is 712. The molecule has 1 aromatic rings. The molecule has 1 amide bonds. The lowest BCUT2D eigenvalue weighted by molar-refractivity contribution is -0.161. The fourth-order valence-electron chi connectivity index (χ4n) is 3.61. The Kier molecular flexibility index (Phi) is 7.65. The number of amides is 1. The number of carbonyl (C=O) groups excluding carboxylic acids is 3. The van der Waals surface area contributed by atoms with Gasteiger partial charge in [-0.25, -0.2) is 9.59 Å². The Morgan fingerprint density at radius 3 is 2.34 bits per heavy atom. The highest BCUT2D eigenvalue weighted by atomic mass is 16.6. The molecule has 1 aliphatic rings. The first-order valence-electron chi connectivity index (χ1n) is 9.92. The molecule has 0 radical (unpaired) electrons. The first kappa shape index (κ1) is 22.7. The van der Waals surface area contributed by atoms with Crippen LogP contribution in [0.1, 0.15) is 52.5 Å². The van der Waals surface area contributed by atoms with E-state index in [0.717, 1.165) is 12.8 Å². The lowest BCUT2D eigenvalue weighted by Crippen LogP contribution is -2.49. The molecular weight excluding hydrogens is 374 g/mol. The Labute approximate surface area is 172 Å². The van der Waals surface area contributed by atoms with Crippen LogP contribution in [0.3, 0.4) is 0 Å². The van der Waals surface area contributed by atoms with Gasteiger partial charge in [0.1, 0.15) is 11.6 Å². The van der Waals surface area contributed by atoms with Crippen LogP contribution in [0.2, 0.25) is 0 Å². The Hall–Kier alpha value is -2.57. The van der Waals surface area contributed by atoms with Crippen LogP contribution in [0.4, 0.5) is 4.79 Å². The van der Waals surface area contributed by atoms with Gasteiger partial charge in [-0.15, -0.1) is 0 Å². The third-order valence-corrected chi connectivity index (χ3v) is 4.79. The maximum Gasteiger partial charge on any atom is 0.413 e. The lowest BCUT2D eigenvalue weighted by atomic mass is 9.96. The number of nitrogens with zero attached hydrogens (tertiary/aromatic N) is 1. The van der Waals surface area contributed by atoms with Crippen LogP contribution in [-0.2, 0) is 30.2 Å². The van der Waals surface area contributed by atoms with Gasteiger partial charge in [-0.1, -0.05) is 30.3 Å². The third-order valence-electron chi connectivity index (χ3n) is 4.79. The first-order chi connectivity index (χ1) is 13.6. The summed E-state index contributed by atoms with van der Waals surface area (Å²) >= 11 is 0. The summed E-state index contributed by atoms with van der Waals surface area (Å²) in [6.07, 6.45) is 1.20. The largest absolute Gasteiger partial charge is 0.467 e. The zero-order chi connectivity index (χ0) is 21.6. The van der Waals surface area contributed by atoms with Crippen LogP contribution in [0.15, 0.2) is 30.3 Å². The molecule has 1 aliphatic heterocycles. The maximum absolute atomic E-state index is 12.8. The van der Waals surface area contributed by atoms with Crippen molar-refractivity contribution in [3.63, 3.8) is 0 Å². The number of carbonyl (C=O) groups is 3. The molecule has 1 heterocycles. The predicted octanol–water partition coefficient (Wildman–Crippen LogP) is 3.70. The Balaban J connectivity index is 2.19. The number of aryl methyl sites for hydroxylation is 1. The van der Waals surface area contributed by atoms with Crippen molar-refractivity contribution in [1.29, 1.82) is 0 Å². The Morgan fingerprint density at radius 2 is 1.79 bits per heavy atom. The van der Waals surface area contributed by atoms with E-state index in [1.807, 2.05) is 18.2 Å². The monoisotopic (exact) mass is 405 g/mol. The fraction of sp³-hybridized carbons (Fsp3) is 0.591. The standard InChI is InChI=1S/C22H31NO6/c1-15(24)28-19-17(13-9-12-16-10-7-6-8-11-16)14-18(20(25)27-5)23(19)21(26)29-22(2,3)4/h6-8,10-11,17-19H,9,12-14H2,1-5H3/t17-,18+,19?/m1/s1. The number of rotatable bonds is 6. The van der Waals surface area contributed by atoms with E-state index in [4.69, 9.17) is 14.2 Å². The molecule has 2 rings (SSSR count). The number of benzene rings is 1. The van der Waals surface area contributed by atoms with Gasteiger partial charge < -0.3 is 14.2 Å². The average Bonchev–Trinajstić information content (AvgIpc) is 2.98. The van der Waals surface area contributed by atoms with Crippen LogP contribution in [0, 0.1) is 5.92 Å². The van der Waals surface area contributed by atoms with Gasteiger partial charge in [-0.3, -0.25) is 9.69 Å². The number of ether oxygens (including phenoxy) is 3. The Morgan fingerprint density at radius 1 is 1.14 bits per heavy atom. The van der Waals surface area contributed by atoms with Crippen molar-refractivity contribution < 1.29 is 28.6 Å².